The van der Waals surface area contributed by atoms with Gasteiger partial charge in [-0.1, -0.05) is 26.0 Å². The Morgan fingerprint density at radius 1 is 1.24 bits per heavy atom. The summed E-state index contributed by atoms with van der Waals surface area (Å²) in [6.07, 6.45) is -4.67. The average Bonchev–Trinajstić information content (AvgIpc) is 2.35. The molecule has 0 saturated carbocycles. The molecule has 0 aromatic heterocycles. The summed E-state index contributed by atoms with van der Waals surface area (Å²) in [5.41, 5.74) is -1.60. The van der Waals surface area contributed by atoms with E-state index >= 15 is 0 Å². The first kappa shape index (κ1) is 17.0. The van der Waals surface area contributed by atoms with Crippen molar-refractivity contribution in [2.75, 3.05) is 13.1 Å². The zero-order valence-corrected chi connectivity index (χ0v) is 11.6. The maximum atomic E-state index is 12.9. The molecule has 0 aliphatic rings. The number of nitrogens with zero attached hydrogens (tertiary/aromatic N) is 1. The lowest BCUT2D eigenvalue weighted by Crippen LogP contribution is -2.39. The van der Waals surface area contributed by atoms with Crippen molar-refractivity contribution in [3.63, 3.8) is 0 Å². The largest absolute Gasteiger partial charge is 0.480 e. The third kappa shape index (κ3) is 4.77. The van der Waals surface area contributed by atoms with Crippen molar-refractivity contribution in [2.45, 2.75) is 20.0 Å². The molecule has 1 aromatic carbocycles. The molecular formula is C14H16F3NO3. The molecule has 1 N–H and O–H groups in total. The van der Waals surface area contributed by atoms with Crippen LogP contribution in [-0.2, 0) is 11.0 Å². The van der Waals surface area contributed by atoms with E-state index in [9.17, 15) is 22.8 Å². The maximum Gasteiger partial charge on any atom is 0.417 e. The van der Waals surface area contributed by atoms with Gasteiger partial charge in [-0.3, -0.25) is 9.59 Å². The van der Waals surface area contributed by atoms with Crippen LogP contribution in [0.15, 0.2) is 24.3 Å². The summed E-state index contributed by atoms with van der Waals surface area (Å²) in [6.45, 7) is 2.93. The van der Waals surface area contributed by atoms with Crippen LogP contribution in [0.5, 0.6) is 0 Å². The Hall–Kier alpha value is -2.05. The summed E-state index contributed by atoms with van der Waals surface area (Å²) in [7, 11) is 0. The molecule has 0 aliphatic carbocycles. The Kier molecular flexibility index (Phi) is 5.34. The van der Waals surface area contributed by atoms with E-state index in [1.807, 2.05) is 0 Å². The molecule has 0 aliphatic heterocycles. The first-order valence-corrected chi connectivity index (χ1v) is 6.30. The summed E-state index contributed by atoms with van der Waals surface area (Å²) < 4.78 is 38.7. The Morgan fingerprint density at radius 2 is 1.81 bits per heavy atom. The summed E-state index contributed by atoms with van der Waals surface area (Å²) in [4.78, 5) is 24.0. The number of carboxylic acids is 1. The lowest BCUT2D eigenvalue weighted by molar-refractivity contribution is -0.138. The fourth-order valence-corrected chi connectivity index (χ4v) is 1.91. The number of carbonyl (C=O) groups is 2. The Bertz CT molecular complexity index is 526. The van der Waals surface area contributed by atoms with Gasteiger partial charge in [0.05, 0.1) is 11.1 Å². The number of alkyl halides is 3. The van der Waals surface area contributed by atoms with Crippen molar-refractivity contribution >= 4 is 11.9 Å². The molecule has 0 atom stereocenters. The second-order valence-corrected chi connectivity index (χ2v) is 5.02. The molecule has 7 heteroatoms. The normalized spacial score (nSPS) is 11.5. The van der Waals surface area contributed by atoms with Crippen LogP contribution in [0.1, 0.15) is 29.8 Å². The zero-order valence-electron chi connectivity index (χ0n) is 11.6. The number of rotatable bonds is 5. The molecule has 0 spiro atoms. The number of hydrogen-bond donors (Lipinski definition) is 1. The zero-order chi connectivity index (χ0) is 16.2. The molecule has 1 aromatic rings. The van der Waals surface area contributed by atoms with E-state index < -0.39 is 35.7 Å². The number of carboxylic acid groups (broad SMARTS) is 1. The molecular weight excluding hydrogens is 287 g/mol. The molecule has 0 fully saturated rings. The molecule has 21 heavy (non-hydrogen) atoms. The van der Waals surface area contributed by atoms with Gasteiger partial charge in [-0.05, 0) is 18.1 Å². The molecule has 0 unspecified atom stereocenters. The van der Waals surface area contributed by atoms with Crippen LogP contribution in [0, 0.1) is 5.92 Å². The fraction of sp³-hybridized carbons (Fsp3) is 0.429. The van der Waals surface area contributed by atoms with E-state index in [1.54, 1.807) is 13.8 Å². The van der Waals surface area contributed by atoms with E-state index in [-0.39, 0.29) is 12.5 Å². The van der Waals surface area contributed by atoms with Gasteiger partial charge in [0, 0.05) is 6.54 Å². The van der Waals surface area contributed by atoms with Gasteiger partial charge in [-0.2, -0.15) is 13.2 Å². The molecule has 0 bridgehead atoms. The lowest BCUT2D eigenvalue weighted by Gasteiger charge is -2.24. The van der Waals surface area contributed by atoms with Crippen LogP contribution in [-0.4, -0.2) is 35.0 Å². The van der Waals surface area contributed by atoms with Gasteiger partial charge in [-0.15, -0.1) is 0 Å². The van der Waals surface area contributed by atoms with E-state index in [4.69, 9.17) is 5.11 Å². The van der Waals surface area contributed by atoms with Crippen molar-refractivity contribution in [2.24, 2.45) is 5.92 Å². The van der Waals surface area contributed by atoms with Crippen molar-refractivity contribution in [1.29, 1.82) is 0 Å². The predicted octanol–water partition coefficient (Wildman–Crippen LogP) is 2.89. The lowest BCUT2D eigenvalue weighted by atomic mass is 10.0. The number of halogens is 3. The van der Waals surface area contributed by atoms with E-state index in [2.05, 4.69) is 0 Å². The SMILES string of the molecule is CC(C)CN(CC(=O)O)C(=O)c1ccccc1C(F)(F)F. The minimum absolute atomic E-state index is 0.0636. The number of benzene rings is 1. The average molecular weight is 303 g/mol. The van der Waals surface area contributed by atoms with Gasteiger partial charge in [0.15, 0.2) is 0 Å². The first-order chi connectivity index (χ1) is 9.62. The van der Waals surface area contributed by atoms with Gasteiger partial charge in [0.1, 0.15) is 6.54 Å². The minimum atomic E-state index is -4.67. The fourth-order valence-electron chi connectivity index (χ4n) is 1.91. The molecule has 116 valence electrons. The summed E-state index contributed by atoms with van der Waals surface area (Å²) >= 11 is 0. The van der Waals surface area contributed by atoms with Crippen LogP contribution in [0.25, 0.3) is 0 Å². The smallest absolute Gasteiger partial charge is 0.417 e. The highest BCUT2D eigenvalue weighted by Crippen LogP contribution is 2.32. The minimum Gasteiger partial charge on any atom is -0.480 e. The van der Waals surface area contributed by atoms with Crippen LogP contribution in [0.3, 0.4) is 0 Å². The number of carbonyl (C=O) groups excluding carboxylic acids is 1. The highest BCUT2D eigenvalue weighted by atomic mass is 19.4. The number of hydrogen-bond acceptors (Lipinski definition) is 2. The van der Waals surface area contributed by atoms with E-state index in [1.165, 1.54) is 12.1 Å². The van der Waals surface area contributed by atoms with Gasteiger partial charge in [-0.25, -0.2) is 0 Å². The summed E-state index contributed by atoms with van der Waals surface area (Å²) in [5.74, 6) is -2.26. The van der Waals surface area contributed by atoms with Crippen LogP contribution < -0.4 is 0 Å². The van der Waals surface area contributed by atoms with Crippen molar-refractivity contribution in [3.8, 4) is 0 Å². The third-order valence-electron chi connectivity index (χ3n) is 2.66. The molecule has 1 amide bonds. The highest BCUT2D eigenvalue weighted by molar-refractivity contribution is 5.97. The molecule has 1 rings (SSSR count). The van der Waals surface area contributed by atoms with Gasteiger partial charge in [0.2, 0.25) is 0 Å². The van der Waals surface area contributed by atoms with Crippen molar-refractivity contribution < 1.29 is 27.9 Å². The Labute approximate surface area is 120 Å². The number of amides is 1. The van der Waals surface area contributed by atoms with Crippen LogP contribution in [0.2, 0.25) is 0 Å². The van der Waals surface area contributed by atoms with Gasteiger partial charge < -0.3 is 10.0 Å². The molecule has 4 nitrogen and oxygen atoms in total. The first-order valence-electron chi connectivity index (χ1n) is 6.30. The predicted molar refractivity (Wildman–Crippen MR) is 69.8 cm³/mol. The summed E-state index contributed by atoms with van der Waals surface area (Å²) in [6, 6.07) is 4.36. The Balaban J connectivity index is 3.17. The molecule has 0 radical (unpaired) electrons. The van der Waals surface area contributed by atoms with E-state index in [0.717, 1.165) is 17.0 Å². The van der Waals surface area contributed by atoms with E-state index in [0.29, 0.717) is 0 Å². The summed E-state index contributed by atoms with van der Waals surface area (Å²) in [5, 5.41) is 8.81. The van der Waals surface area contributed by atoms with Crippen molar-refractivity contribution in [1.82, 2.24) is 4.90 Å². The van der Waals surface area contributed by atoms with Crippen LogP contribution in [0.4, 0.5) is 13.2 Å². The highest BCUT2D eigenvalue weighted by Gasteiger charge is 2.36. The second-order valence-electron chi connectivity index (χ2n) is 5.02. The standard InChI is InChI=1S/C14H16F3NO3/c1-9(2)7-18(8-12(19)20)13(21)10-5-3-4-6-11(10)14(15,16)17/h3-6,9H,7-8H2,1-2H3,(H,19,20). The third-order valence-corrected chi connectivity index (χ3v) is 2.66. The molecule has 0 heterocycles. The van der Waals surface area contributed by atoms with Gasteiger partial charge in [0.25, 0.3) is 5.91 Å². The quantitative estimate of drug-likeness (QED) is 0.910. The second kappa shape index (κ2) is 6.60. The monoisotopic (exact) mass is 303 g/mol. The Morgan fingerprint density at radius 3 is 2.29 bits per heavy atom. The van der Waals surface area contributed by atoms with Crippen LogP contribution >= 0.6 is 0 Å². The number of aliphatic carboxylic acids is 1. The topological polar surface area (TPSA) is 57.6 Å². The maximum absolute atomic E-state index is 12.9. The van der Waals surface area contributed by atoms with Gasteiger partial charge >= 0.3 is 12.1 Å². The van der Waals surface area contributed by atoms with Crippen molar-refractivity contribution in [3.05, 3.63) is 35.4 Å². The molecule has 0 saturated heterocycles.